The van der Waals surface area contributed by atoms with E-state index >= 15 is 0 Å². The summed E-state index contributed by atoms with van der Waals surface area (Å²) in [5.41, 5.74) is 0. The third-order valence-electron chi connectivity index (χ3n) is 7.40. The molecule has 2 aromatic rings. The van der Waals surface area contributed by atoms with Crippen LogP contribution in [0.15, 0.2) is 60.7 Å². The quantitative estimate of drug-likeness (QED) is 0.0697. The van der Waals surface area contributed by atoms with Gasteiger partial charge in [-0.2, -0.15) is 8.78 Å². The number of rotatable bonds is 24. The van der Waals surface area contributed by atoms with Crippen LogP contribution in [0.3, 0.4) is 0 Å². The average Bonchev–Trinajstić information content (AvgIpc) is 2.97. The van der Waals surface area contributed by atoms with Gasteiger partial charge in [0.05, 0.1) is 0 Å². The highest BCUT2D eigenvalue weighted by Gasteiger charge is 2.48. The Morgan fingerprint density at radius 2 is 0.950 bits per heavy atom. The monoisotopic (exact) mass is 582 g/mol. The summed E-state index contributed by atoms with van der Waals surface area (Å²) < 4.78 is 65.9. The molecule has 0 atom stereocenters. The van der Waals surface area contributed by atoms with Crippen molar-refractivity contribution in [2.24, 2.45) is 0 Å². The number of unbranched alkanes of at least 4 members (excludes halogenated alkanes) is 15. The van der Waals surface area contributed by atoms with Crippen molar-refractivity contribution in [3.05, 3.63) is 60.7 Å². The lowest BCUT2D eigenvalue weighted by molar-refractivity contribution is -0.151. The summed E-state index contributed by atoms with van der Waals surface area (Å²) in [4.78, 5) is 0. The second-order valence-corrected chi connectivity index (χ2v) is 13.8. The molecule has 0 N–H and O–H groups in total. The van der Waals surface area contributed by atoms with Crippen molar-refractivity contribution in [3.8, 4) is 0 Å². The minimum atomic E-state index is -4.25. The highest BCUT2D eigenvalue weighted by Crippen LogP contribution is 2.25. The molecule has 0 aliphatic heterocycles. The SMILES string of the molecule is CCCCCCCCCCCCCCCCCCO[Si](OCC(F)(F)C(F)F)(c1ccccc1)c1ccccc1. The van der Waals surface area contributed by atoms with Crippen LogP contribution in [0.25, 0.3) is 0 Å². The van der Waals surface area contributed by atoms with Crippen LogP contribution in [0.2, 0.25) is 0 Å². The molecule has 0 heterocycles. The van der Waals surface area contributed by atoms with Gasteiger partial charge in [-0.1, -0.05) is 164 Å². The largest absolute Gasteiger partial charge is 0.407 e. The first-order valence-electron chi connectivity index (χ1n) is 15.5. The fourth-order valence-electron chi connectivity index (χ4n) is 4.98. The fraction of sp³-hybridized carbons (Fsp3) is 0.636. The first-order chi connectivity index (χ1) is 19.4. The van der Waals surface area contributed by atoms with Crippen LogP contribution >= 0.6 is 0 Å². The third kappa shape index (κ3) is 12.9. The zero-order chi connectivity index (χ0) is 28.9. The van der Waals surface area contributed by atoms with E-state index in [-0.39, 0.29) is 0 Å². The van der Waals surface area contributed by atoms with E-state index in [9.17, 15) is 17.6 Å². The molecule has 0 saturated heterocycles. The Kier molecular flexibility index (Phi) is 17.4. The Balaban J connectivity index is 1.75. The topological polar surface area (TPSA) is 18.5 Å². The smallest absolute Gasteiger partial charge is 0.388 e. The van der Waals surface area contributed by atoms with Crippen molar-refractivity contribution >= 4 is 18.9 Å². The molecule has 2 rings (SSSR count). The van der Waals surface area contributed by atoms with Gasteiger partial charge >= 0.3 is 20.9 Å². The molecule has 0 saturated carbocycles. The van der Waals surface area contributed by atoms with Crippen LogP contribution in [0.1, 0.15) is 110 Å². The Morgan fingerprint density at radius 1 is 0.575 bits per heavy atom. The highest BCUT2D eigenvalue weighted by molar-refractivity contribution is 6.92. The first kappa shape index (κ1) is 34.5. The molecule has 226 valence electrons. The van der Waals surface area contributed by atoms with Gasteiger partial charge < -0.3 is 8.85 Å². The molecule has 0 spiro atoms. The van der Waals surface area contributed by atoms with Crippen LogP contribution in [0.5, 0.6) is 0 Å². The molecule has 2 aromatic carbocycles. The molecule has 0 unspecified atom stereocenters. The van der Waals surface area contributed by atoms with Crippen LogP contribution in [0, 0.1) is 0 Å². The summed E-state index contributed by atoms with van der Waals surface area (Å²) >= 11 is 0. The van der Waals surface area contributed by atoms with E-state index in [0.717, 1.165) is 19.3 Å². The van der Waals surface area contributed by atoms with Crippen molar-refractivity contribution in [2.75, 3.05) is 13.2 Å². The maximum absolute atomic E-state index is 13.9. The minimum Gasteiger partial charge on any atom is -0.388 e. The Hall–Kier alpha value is -1.70. The molecule has 0 fully saturated rings. The first-order valence-corrected chi connectivity index (χ1v) is 17.3. The molecule has 0 bridgehead atoms. The lowest BCUT2D eigenvalue weighted by atomic mass is 10.0. The van der Waals surface area contributed by atoms with Gasteiger partial charge in [0.15, 0.2) is 0 Å². The normalized spacial score (nSPS) is 12.3. The summed E-state index contributed by atoms with van der Waals surface area (Å²) in [5, 5.41) is 1.26. The molecule has 2 nitrogen and oxygen atoms in total. The van der Waals surface area contributed by atoms with Gasteiger partial charge in [-0.15, -0.1) is 0 Å². The van der Waals surface area contributed by atoms with Gasteiger partial charge in [-0.25, -0.2) is 8.78 Å². The van der Waals surface area contributed by atoms with Gasteiger partial charge in [0.2, 0.25) is 0 Å². The van der Waals surface area contributed by atoms with E-state index in [1.807, 2.05) is 12.1 Å². The van der Waals surface area contributed by atoms with Gasteiger partial charge in [-0.3, -0.25) is 0 Å². The number of halogens is 4. The van der Waals surface area contributed by atoms with E-state index < -0.39 is 27.5 Å². The zero-order valence-corrected chi connectivity index (χ0v) is 25.4. The minimum absolute atomic E-state index is 0.328. The molecule has 7 heteroatoms. The molecular weight excluding hydrogens is 532 g/mol. The summed E-state index contributed by atoms with van der Waals surface area (Å²) in [7, 11) is -3.63. The predicted molar refractivity (Wildman–Crippen MR) is 160 cm³/mol. The van der Waals surface area contributed by atoms with E-state index in [1.165, 1.54) is 83.5 Å². The summed E-state index contributed by atoms with van der Waals surface area (Å²) in [5.74, 6) is -4.25. The van der Waals surface area contributed by atoms with Crippen LogP contribution in [-0.2, 0) is 8.85 Å². The average molecular weight is 583 g/mol. The zero-order valence-electron chi connectivity index (χ0n) is 24.4. The lowest BCUT2D eigenvalue weighted by Gasteiger charge is -2.33. The van der Waals surface area contributed by atoms with Crippen molar-refractivity contribution in [1.29, 1.82) is 0 Å². The Bertz CT molecular complexity index is 828. The standard InChI is InChI=1S/C33H50F4O2Si/c1-2-3-4-5-6-7-8-9-10-11-12-13-14-15-16-23-28-38-40(30-24-19-17-20-25-30,31-26-21-18-22-27-31)39-29-33(36,37)32(34)35/h17-22,24-27,32H,2-16,23,28-29H2,1H3. The van der Waals surface area contributed by atoms with E-state index in [1.54, 1.807) is 48.5 Å². The number of alkyl halides is 4. The number of benzene rings is 2. The lowest BCUT2D eigenvalue weighted by Crippen LogP contribution is -2.64. The maximum atomic E-state index is 13.9. The summed E-state index contributed by atoms with van der Waals surface area (Å²) in [6, 6.07) is 17.9. The highest BCUT2D eigenvalue weighted by atomic mass is 28.4. The van der Waals surface area contributed by atoms with Crippen molar-refractivity contribution in [2.45, 2.75) is 122 Å². The van der Waals surface area contributed by atoms with Crippen molar-refractivity contribution in [3.63, 3.8) is 0 Å². The predicted octanol–water partition coefficient (Wildman–Crippen LogP) is 9.44. The number of hydrogen-bond acceptors (Lipinski definition) is 2. The maximum Gasteiger partial charge on any atom is 0.407 e. The molecule has 0 aliphatic rings. The molecular formula is C33H50F4O2Si. The second kappa shape index (κ2) is 20.2. The summed E-state index contributed by atoms with van der Waals surface area (Å²) in [6.07, 6.45) is 16.3. The van der Waals surface area contributed by atoms with Crippen molar-refractivity contribution in [1.82, 2.24) is 0 Å². The summed E-state index contributed by atoms with van der Waals surface area (Å²) in [6.45, 7) is 1.20. The molecule has 0 aromatic heterocycles. The Labute approximate surface area is 241 Å². The molecule has 0 aliphatic carbocycles. The van der Waals surface area contributed by atoms with Crippen LogP contribution in [-0.4, -0.2) is 34.1 Å². The molecule has 0 amide bonds. The molecule has 0 radical (unpaired) electrons. The fourth-order valence-corrected chi connectivity index (χ4v) is 8.16. The van der Waals surface area contributed by atoms with E-state index in [2.05, 4.69) is 6.92 Å². The number of hydrogen-bond donors (Lipinski definition) is 0. The van der Waals surface area contributed by atoms with Crippen LogP contribution < -0.4 is 10.4 Å². The van der Waals surface area contributed by atoms with Gasteiger partial charge in [0.1, 0.15) is 6.61 Å². The van der Waals surface area contributed by atoms with Crippen LogP contribution in [0.4, 0.5) is 17.6 Å². The Morgan fingerprint density at radius 3 is 1.32 bits per heavy atom. The van der Waals surface area contributed by atoms with E-state index in [0.29, 0.717) is 17.0 Å². The third-order valence-corrected chi connectivity index (χ3v) is 10.7. The second-order valence-electron chi connectivity index (χ2n) is 10.9. The molecule has 40 heavy (non-hydrogen) atoms. The van der Waals surface area contributed by atoms with Crippen molar-refractivity contribution < 1.29 is 26.4 Å². The van der Waals surface area contributed by atoms with E-state index in [4.69, 9.17) is 8.85 Å². The van der Waals surface area contributed by atoms with Gasteiger partial charge in [0.25, 0.3) is 0 Å². The van der Waals surface area contributed by atoms with Gasteiger partial charge in [0, 0.05) is 6.61 Å². The van der Waals surface area contributed by atoms with Gasteiger partial charge in [-0.05, 0) is 16.8 Å².